The maximum Gasteiger partial charge on any atom is 0.257 e. The van der Waals surface area contributed by atoms with Crippen LogP contribution in [-0.2, 0) is 0 Å². The van der Waals surface area contributed by atoms with Crippen LogP contribution in [0.5, 0.6) is 0 Å². The minimum absolute atomic E-state index is 0. The molecule has 1 aromatic heterocycles. The van der Waals surface area contributed by atoms with Crippen molar-refractivity contribution in [1.29, 1.82) is 0 Å². The second-order valence-corrected chi connectivity index (χ2v) is 5.99. The van der Waals surface area contributed by atoms with Gasteiger partial charge in [0.25, 0.3) is 11.8 Å². The average Bonchev–Trinajstić information content (AvgIpc) is 3.45. The van der Waals surface area contributed by atoms with Crippen LogP contribution in [0, 0.1) is 5.92 Å². The van der Waals surface area contributed by atoms with Gasteiger partial charge in [-0.3, -0.25) is 14.6 Å². The molecule has 0 spiro atoms. The Labute approximate surface area is 164 Å². The van der Waals surface area contributed by atoms with Crippen LogP contribution < -0.4 is 16.4 Å². The molecule has 2 aromatic rings. The fraction of sp³-hybridized carbons (Fsp3) is 0.278. The molecule has 1 aliphatic carbocycles. The summed E-state index contributed by atoms with van der Waals surface area (Å²) in [7, 11) is 0. The average molecular weight is 397 g/mol. The van der Waals surface area contributed by atoms with Gasteiger partial charge in [0, 0.05) is 36.2 Å². The number of nitrogens with one attached hydrogen (secondary N) is 2. The first-order valence-electron chi connectivity index (χ1n) is 7.98. The molecule has 140 valence electrons. The number of rotatable bonds is 6. The molecule has 0 aliphatic heterocycles. The lowest BCUT2D eigenvalue weighted by Gasteiger charge is -2.12. The molecule has 0 bridgehead atoms. The molecule has 2 amide bonds. The quantitative estimate of drug-likeness (QED) is 0.698. The number of nitrogens with zero attached hydrogens (tertiary/aromatic N) is 1. The molecular formula is C18H22Cl2N4O2. The van der Waals surface area contributed by atoms with Gasteiger partial charge in [0.15, 0.2) is 0 Å². The molecule has 0 radical (unpaired) electrons. The Balaban J connectivity index is 0.00000169. The third-order valence-electron chi connectivity index (χ3n) is 4.03. The van der Waals surface area contributed by atoms with E-state index < -0.39 is 0 Å². The number of benzene rings is 1. The van der Waals surface area contributed by atoms with E-state index in [2.05, 4.69) is 15.6 Å². The Morgan fingerprint density at radius 2 is 1.85 bits per heavy atom. The summed E-state index contributed by atoms with van der Waals surface area (Å²) < 4.78 is 0. The van der Waals surface area contributed by atoms with Crippen molar-refractivity contribution in [3.8, 4) is 0 Å². The molecule has 1 heterocycles. The maximum absolute atomic E-state index is 12.2. The van der Waals surface area contributed by atoms with Gasteiger partial charge in [-0.1, -0.05) is 6.07 Å². The van der Waals surface area contributed by atoms with E-state index >= 15 is 0 Å². The molecule has 1 unspecified atom stereocenters. The van der Waals surface area contributed by atoms with Crippen LogP contribution in [0.15, 0.2) is 48.8 Å². The standard InChI is InChI=1S/C18H20N4O2.2ClH/c19-16(12-6-7-12)11-21-17(23)13-3-1-5-15(9-13)22-18(24)14-4-2-8-20-10-14;;/h1-5,8-10,12,16H,6-7,11,19H2,(H,21,23)(H,22,24);2*1H. The topological polar surface area (TPSA) is 97.1 Å². The smallest absolute Gasteiger partial charge is 0.257 e. The highest BCUT2D eigenvalue weighted by Crippen LogP contribution is 2.31. The minimum atomic E-state index is -0.267. The van der Waals surface area contributed by atoms with Crippen molar-refractivity contribution in [2.24, 2.45) is 11.7 Å². The van der Waals surface area contributed by atoms with Crippen molar-refractivity contribution in [2.75, 3.05) is 11.9 Å². The molecule has 1 aromatic carbocycles. The van der Waals surface area contributed by atoms with Crippen LogP contribution >= 0.6 is 24.8 Å². The highest BCUT2D eigenvalue weighted by molar-refractivity contribution is 6.04. The highest BCUT2D eigenvalue weighted by Gasteiger charge is 2.28. The van der Waals surface area contributed by atoms with Gasteiger partial charge >= 0.3 is 0 Å². The van der Waals surface area contributed by atoms with E-state index in [-0.39, 0.29) is 42.7 Å². The minimum Gasteiger partial charge on any atom is -0.350 e. The van der Waals surface area contributed by atoms with E-state index in [4.69, 9.17) is 5.73 Å². The van der Waals surface area contributed by atoms with E-state index in [0.717, 1.165) is 12.8 Å². The Morgan fingerprint density at radius 1 is 1.12 bits per heavy atom. The number of nitrogens with two attached hydrogens (primary N) is 1. The number of hydrogen-bond acceptors (Lipinski definition) is 4. The van der Waals surface area contributed by atoms with E-state index in [1.807, 2.05) is 0 Å². The van der Waals surface area contributed by atoms with Gasteiger partial charge in [0.1, 0.15) is 0 Å². The summed E-state index contributed by atoms with van der Waals surface area (Å²) in [6.45, 7) is 0.468. The molecule has 4 N–H and O–H groups in total. The number of aromatic nitrogens is 1. The van der Waals surface area contributed by atoms with Gasteiger partial charge in [-0.25, -0.2) is 0 Å². The van der Waals surface area contributed by atoms with Gasteiger partial charge < -0.3 is 16.4 Å². The Morgan fingerprint density at radius 3 is 2.50 bits per heavy atom. The molecule has 1 aliphatic rings. The summed E-state index contributed by atoms with van der Waals surface area (Å²) in [5.74, 6) is 0.0791. The summed E-state index contributed by atoms with van der Waals surface area (Å²) in [6.07, 6.45) is 5.39. The first-order valence-corrected chi connectivity index (χ1v) is 7.98. The normalized spacial score (nSPS) is 13.6. The summed E-state index contributed by atoms with van der Waals surface area (Å²) in [4.78, 5) is 28.3. The largest absolute Gasteiger partial charge is 0.350 e. The van der Waals surface area contributed by atoms with E-state index in [9.17, 15) is 9.59 Å². The molecular weight excluding hydrogens is 375 g/mol. The second-order valence-electron chi connectivity index (χ2n) is 5.99. The van der Waals surface area contributed by atoms with Gasteiger partial charge in [0.2, 0.25) is 0 Å². The number of amides is 2. The molecule has 1 atom stereocenters. The zero-order valence-electron chi connectivity index (χ0n) is 14.1. The zero-order chi connectivity index (χ0) is 16.9. The summed E-state index contributed by atoms with van der Waals surface area (Å²) >= 11 is 0. The maximum atomic E-state index is 12.2. The number of anilines is 1. The molecule has 1 saturated carbocycles. The Bertz CT molecular complexity index is 739. The van der Waals surface area contributed by atoms with Crippen molar-refractivity contribution in [3.05, 3.63) is 59.9 Å². The summed E-state index contributed by atoms with van der Waals surface area (Å²) in [5, 5.41) is 5.61. The summed E-state index contributed by atoms with van der Waals surface area (Å²) in [5.41, 5.74) is 7.50. The van der Waals surface area contributed by atoms with Crippen LogP contribution in [0.4, 0.5) is 5.69 Å². The molecule has 26 heavy (non-hydrogen) atoms. The molecule has 0 saturated heterocycles. The first-order chi connectivity index (χ1) is 11.6. The zero-order valence-corrected chi connectivity index (χ0v) is 15.7. The van der Waals surface area contributed by atoms with Crippen LogP contribution in [0.25, 0.3) is 0 Å². The molecule has 1 fully saturated rings. The van der Waals surface area contributed by atoms with Crippen molar-refractivity contribution in [1.82, 2.24) is 10.3 Å². The molecule has 6 nitrogen and oxygen atoms in total. The predicted molar refractivity (Wildman–Crippen MR) is 106 cm³/mol. The number of hydrogen-bond donors (Lipinski definition) is 3. The monoisotopic (exact) mass is 396 g/mol. The third kappa shape index (κ3) is 5.98. The lowest BCUT2D eigenvalue weighted by atomic mass is 10.1. The first kappa shape index (κ1) is 21.9. The van der Waals surface area contributed by atoms with Crippen molar-refractivity contribution < 1.29 is 9.59 Å². The number of halogens is 2. The highest BCUT2D eigenvalue weighted by atomic mass is 35.5. The second kappa shape index (κ2) is 10.1. The SMILES string of the molecule is Cl.Cl.NC(CNC(=O)c1cccc(NC(=O)c2cccnc2)c1)C1CC1. The Kier molecular flexibility index (Phi) is 8.51. The van der Waals surface area contributed by atoms with Gasteiger partial charge in [-0.2, -0.15) is 0 Å². The number of carbonyl (C=O) groups is 2. The van der Waals surface area contributed by atoms with Crippen molar-refractivity contribution >= 4 is 42.3 Å². The predicted octanol–water partition coefficient (Wildman–Crippen LogP) is 2.64. The van der Waals surface area contributed by atoms with Gasteiger partial charge in [-0.15, -0.1) is 24.8 Å². The number of carbonyl (C=O) groups excluding carboxylic acids is 2. The van der Waals surface area contributed by atoms with E-state index in [1.54, 1.807) is 42.6 Å². The van der Waals surface area contributed by atoms with Gasteiger partial charge in [-0.05, 0) is 49.1 Å². The van der Waals surface area contributed by atoms with Crippen LogP contribution in [0.1, 0.15) is 33.6 Å². The van der Waals surface area contributed by atoms with E-state index in [1.165, 1.54) is 6.20 Å². The molecule has 3 rings (SSSR count). The van der Waals surface area contributed by atoms with Crippen LogP contribution in [-0.4, -0.2) is 29.4 Å². The lowest BCUT2D eigenvalue weighted by molar-refractivity contribution is 0.0949. The summed E-state index contributed by atoms with van der Waals surface area (Å²) in [6, 6.07) is 10.2. The van der Waals surface area contributed by atoms with Crippen LogP contribution in [0.2, 0.25) is 0 Å². The Hall–Kier alpha value is -2.15. The van der Waals surface area contributed by atoms with E-state index in [0.29, 0.717) is 29.3 Å². The fourth-order valence-corrected chi connectivity index (χ4v) is 2.44. The number of pyridine rings is 1. The van der Waals surface area contributed by atoms with Gasteiger partial charge in [0.05, 0.1) is 5.56 Å². The van der Waals surface area contributed by atoms with Crippen LogP contribution in [0.3, 0.4) is 0 Å². The fourth-order valence-electron chi connectivity index (χ4n) is 2.44. The lowest BCUT2D eigenvalue weighted by Crippen LogP contribution is -2.38. The molecule has 8 heteroatoms. The third-order valence-corrected chi connectivity index (χ3v) is 4.03. The van der Waals surface area contributed by atoms with Crippen molar-refractivity contribution in [3.63, 3.8) is 0 Å². The van der Waals surface area contributed by atoms with Crippen molar-refractivity contribution in [2.45, 2.75) is 18.9 Å².